The molecule has 0 radical (unpaired) electrons. The number of ether oxygens (including phenoxy) is 2. The highest BCUT2D eigenvalue weighted by molar-refractivity contribution is 9.10. The van der Waals surface area contributed by atoms with Crippen molar-refractivity contribution in [2.45, 2.75) is 13.8 Å². The number of hydrazone groups is 1. The van der Waals surface area contributed by atoms with Gasteiger partial charge in [0.15, 0.2) is 11.5 Å². The molecular weight excluding hydrogens is 506 g/mol. The minimum Gasteiger partial charge on any atom is -0.492 e. The topological polar surface area (TPSA) is 64.8 Å². The van der Waals surface area contributed by atoms with Crippen molar-refractivity contribution in [3.05, 3.63) is 100 Å². The molecule has 1 heterocycles. The summed E-state index contributed by atoms with van der Waals surface area (Å²) in [7, 11) is 1.59. The number of amides is 1. The highest BCUT2D eigenvalue weighted by Gasteiger charge is 2.12. The zero-order chi connectivity index (χ0) is 24.8. The van der Waals surface area contributed by atoms with Crippen molar-refractivity contribution in [2.24, 2.45) is 5.10 Å². The van der Waals surface area contributed by atoms with Crippen molar-refractivity contribution in [3.8, 4) is 28.4 Å². The molecule has 0 fully saturated rings. The van der Waals surface area contributed by atoms with Crippen LogP contribution in [0.3, 0.4) is 0 Å². The van der Waals surface area contributed by atoms with Crippen LogP contribution in [-0.2, 0) is 0 Å². The molecule has 0 aliphatic rings. The van der Waals surface area contributed by atoms with E-state index in [0.29, 0.717) is 23.7 Å². The molecule has 1 amide bonds. The number of benzene rings is 3. The van der Waals surface area contributed by atoms with E-state index in [1.807, 2.05) is 43.3 Å². The van der Waals surface area contributed by atoms with Crippen LogP contribution in [0.4, 0.5) is 0 Å². The van der Waals surface area contributed by atoms with Gasteiger partial charge in [-0.2, -0.15) is 5.10 Å². The number of rotatable bonds is 8. The van der Waals surface area contributed by atoms with E-state index < -0.39 is 0 Å². The van der Waals surface area contributed by atoms with E-state index in [0.717, 1.165) is 32.7 Å². The number of aryl methyl sites for hydroxylation is 1. The largest absolute Gasteiger partial charge is 0.492 e. The van der Waals surface area contributed by atoms with E-state index in [4.69, 9.17) is 9.47 Å². The molecule has 4 rings (SSSR count). The molecule has 4 aromatic rings. The van der Waals surface area contributed by atoms with E-state index in [-0.39, 0.29) is 5.91 Å². The summed E-state index contributed by atoms with van der Waals surface area (Å²) in [6, 6.07) is 25.5. The Bertz CT molecular complexity index is 1350. The van der Waals surface area contributed by atoms with E-state index in [2.05, 4.69) is 62.2 Å². The van der Waals surface area contributed by atoms with Crippen LogP contribution in [-0.4, -0.2) is 30.4 Å². The Hall–Kier alpha value is -3.84. The number of carbonyl (C=O) groups excluding carboxylic acids is 1. The summed E-state index contributed by atoms with van der Waals surface area (Å²) < 4.78 is 13.9. The molecule has 3 aromatic carbocycles. The Morgan fingerprint density at radius 2 is 1.80 bits per heavy atom. The lowest BCUT2D eigenvalue weighted by atomic mass is 10.1. The molecule has 0 bridgehead atoms. The van der Waals surface area contributed by atoms with E-state index in [1.54, 1.807) is 31.5 Å². The second-order valence-electron chi connectivity index (χ2n) is 7.77. The molecule has 0 aliphatic heterocycles. The Balaban J connectivity index is 1.48. The molecule has 0 atom stereocenters. The van der Waals surface area contributed by atoms with Crippen LogP contribution in [0.1, 0.15) is 28.5 Å². The van der Waals surface area contributed by atoms with Crippen LogP contribution in [0.15, 0.2) is 88.4 Å². The van der Waals surface area contributed by atoms with E-state index >= 15 is 0 Å². The first kappa shape index (κ1) is 24.3. The molecule has 0 aliphatic carbocycles. The number of nitrogens with one attached hydrogen (secondary N) is 1. The predicted molar refractivity (Wildman–Crippen MR) is 143 cm³/mol. The summed E-state index contributed by atoms with van der Waals surface area (Å²) in [6.07, 6.45) is 1.56. The molecule has 0 saturated carbocycles. The molecule has 0 saturated heterocycles. The van der Waals surface area contributed by atoms with Gasteiger partial charge in [-0.25, -0.2) is 5.43 Å². The van der Waals surface area contributed by atoms with Gasteiger partial charge >= 0.3 is 0 Å². The number of nitrogens with zero attached hydrogens (tertiary/aromatic N) is 2. The summed E-state index contributed by atoms with van der Waals surface area (Å²) in [4.78, 5) is 12.6. The summed E-state index contributed by atoms with van der Waals surface area (Å²) in [5, 5.41) is 4.11. The van der Waals surface area contributed by atoms with Crippen molar-refractivity contribution >= 4 is 28.1 Å². The van der Waals surface area contributed by atoms with Gasteiger partial charge in [0.1, 0.15) is 0 Å². The molecule has 7 heteroatoms. The van der Waals surface area contributed by atoms with Crippen LogP contribution in [0.25, 0.3) is 16.9 Å². The normalized spacial score (nSPS) is 11.0. The maximum absolute atomic E-state index is 12.6. The molecule has 1 N–H and O–H groups in total. The molecule has 6 nitrogen and oxygen atoms in total. The third-order valence-electron chi connectivity index (χ3n) is 5.45. The number of hydrogen-bond acceptors (Lipinski definition) is 4. The van der Waals surface area contributed by atoms with Gasteiger partial charge in [0.2, 0.25) is 0 Å². The fourth-order valence-corrected chi connectivity index (χ4v) is 4.45. The number of halogens is 1. The number of hydrogen-bond donors (Lipinski definition) is 1. The minimum absolute atomic E-state index is 0.294. The Morgan fingerprint density at radius 3 is 2.49 bits per heavy atom. The number of methoxy groups -OCH3 is 1. The van der Waals surface area contributed by atoms with Crippen molar-refractivity contribution in [1.29, 1.82) is 0 Å². The van der Waals surface area contributed by atoms with Crippen LogP contribution in [0, 0.1) is 6.92 Å². The van der Waals surface area contributed by atoms with Gasteiger partial charge in [-0.05, 0) is 89.4 Å². The van der Waals surface area contributed by atoms with Crippen LogP contribution < -0.4 is 14.9 Å². The molecule has 35 heavy (non-hydrogen) atoms. The van der Waals surface area contributed by atoms with Crippen LogP contribution in [0.2, 0.25) is 0 Å². The molecular formula is C28H26BrN3O3. The van der Waals surface area contributed by atoms with Gasteiger partial charge in [-0.15, -0.1) is 0 Å². The number of carbonyl (C=O) groups is 1. The maximum Gasteiger partial charge on any atom is 0.271 e. The molecule has 0 unspecified atom stereocenters. The van der Waals surface area contributed by atoms with Gasteiger partial charge in [-0.1, -0.05) is 30.3 Å². The summed E-state index contributed by atoms with van der Waals surface area (Å²) >= 11 is 3.48. The highest BCUT2D eigenvalue weighted by Crippen LogP contribution is 2.36. The zero-order valence-corrected chi connectivity index (χ0v) is 21.4. The van der Waals surface area contributed by atoms with Gasteiger partial charge < -0.3 is 14.0 Å². The number of aromatic nitrogens is 1. The summed E-state index contributed by atoms with van der Waals surface area (Å²) in [6.45, 7) is 4.47. The van der Waals surface area contributed by atoms with E-state index in [1.165, 1.54) is 0 Å². The average Bonchev–Trinajstić information content (AvgIpc) is 3.26. The maximum atomic E-state index is 12.6. The van der Waals surface area contributed by atoms with Gasteiger partial charge in [0.05, 0.1) is 30.1 Å². The van der Waals surface area contributed by atoms with Gasteiger partial charge in [0, 0.05) is 16.9 Å². The van der Waals surface area contributed by atoms with Crippen molar-refractivity contribution in [3.63, 3.8) is 0 Å². The van der Waals surface area contributed by atoms with Crippen molar-refractivity contribution < 1.29 is 14.3 Å². The van der Waals surface area contributed by atoms with Gasteiger partial charge in [0.25, 0.3) is 5.91 Å². The summed E-state index contributed by atoms with van der Waals surface area (Å²) in [5.41, 5.74) is 8.19. The highest BCUT2D eigenvalue weighted by atomic mass is 79.9. The van der Waals surface area contributed by atoms with Crippen LogP contribution >= 0.6 is 15.9 Å². The lowest BCUT2D eigenvalue weighted by Crippen LogP contribution is -2.17. The Labute approximate surface area is 213 Å². The third-order valence-corrected chi connectivity index (χ3v) is 6.04. The molecule has 1 aromatic heterocycles. The lowest BCUT2D eigenvalue weighted by Gasteiger charge is -2.13. The average molecular weight is 532 g/mol. The lowest BCUT2D eigenvalue weighted by molar-refractivity contribution is 0.0955. The Morgan fingerprint density at radius 1 is 1.06 bits per heavy atom. The first-order valence-electron chi connectivity index (χ1n) is 11.2. The molecule has 178 valence electrons. The monoisotopic (exact) mass is 531 g/mol. The standard InChI is InChI=1S/C28H26BrN3O3/c1-4-35-26-17-20(16-24(29)27(26)34-3)18-30-31-28(33)22-11-13-23(14-12-22)32-19(2)10-15-25(32)21-8-6-5-7-9-21/h5-18H,4H2,1-3H3,(H,31,33)/b30-18+. The smallest absolute Gasteiger partial charge is 0.271 e. The molecule has 0 spiro atoms. The first-order valence-corrected chi connectivity index (χ1v) is 12.0. The SMILES string of the molecule is CCOc1cc(/C=N/NC(=O)c2ccc(-n3c(C)ccc3-c3ccccc3)cc2)cc(Br)c1OC. The Kier molecular flexibility index (Phi) is 7.67. The van der Waals surface area contributed by atoms with Crippen molar-refractivity contribution in [2.75, 3.05) is 13.7 Å². The minimum atomic E-state index is -0.294. The van der Waals surface area contributed by atoms with Crippen LogP contribution in [0.5, 0.6) is 11.5 Å². The second-order valence-corrected chi connectivity index (χ2v) is 8.63. The quantitative estimate of drug-likeness (QED) is 0.211. The zero-order valence-electron chi connectivity index (χ0n) is 19.8. The van der Waals surface area contributed by atoms with Gasteiger partial charge in [-0.3, -0.25) is 4.79 Å². The summed E-state index contributed by atoms with van der Waals surface area (Å²) in [5.74, 6) is 0.919. The third kappa shape index (κ3) is 5.46. The van der Waals surface area contributed by atoms with E-state index in [9.17, 15) is 4.79 Å². The fourth-order valence-electron chi connectivity index (χ4n) is 3.83. The predicted octanol–water partition coefficient (Wildman–Crippen LogP) is 6.39. The second kappa shape index (κ2) is 11.1. The fraction of sp³-hybridized carbons (Fsp3) is 0.143. The van der Waals surface area contributed by atoms with Crippen molar-refractivity contribution in [1.82, 2.24) is 9.99 Å². The first-order chi connectivity index (χ1) is 17.0.